The maximum absolute atomic E-state index is 14.4. The summed E-state index contributed by atoms with van der Waals surface area (Å²) in [7, 11) is 3.03. The Bertz CT molecular complexity index is 1950. The van der Waals surface area contributed by atoms with Crippen LogP contribution in [0.25, 0.3) is 11.1 Å². The number of aliphatic hydroxyl groups is 1. The topological polar surface area (TPSA) is 181 Å². The number of ether oxygens (including phenoxy) is 3. The monoisotopic (exact) mass is 842 g/mol. The average molecular weight is 843 g/mol. The Balaban J connectivity index is 1.32. The molecule has 3 amide bonds. The number of nitrogens with zero attached hydrogens (tertiary/aromatic N) is 2. The number of benzene rings is 3. The number of nitrogens with one attached hydrogen (secondary N) is 1. The molecule has 9 atom stereocenters. The molecular weight excluding hydrogens is 777 g/mol. The molecule has 3 aromatic carbocycles. The summed E-state index contributed by atoms with van der Waals surface area (Å²) in [6.45, 7) is 12.8. The summed E-state index contributed by atoms with van der Waals surface area (Å²) >= 11 is 0. The standard InChI is InChI=1S/C48H66N4O9/c1-10-29(2)41(47(5,6)48(7,45(56)57)52(49)46(58)61-28-37-35-23-16-14-21-33(35)34-22-15-17-24-36(34)37)39(59-8)27-40(53)51-26-18-25-38(51)43(60-9)30(3)44(55)50-31(4)42(54)32-19-12-11-13-20-32/h11-17,19-24,29-31,37-39,41-43,54H,10,18,25-28,49H2,1-9H3,(H,50,55)(H,56,57)/t29-,30+,31+,38-,39+,41?,42+,43+,48+/m0/s1. The minimum atomic E-state index is -2.02. The van der Waals surface area contributed by atoms with Gasteiger partial charge in [0.15, 0.2) is 5.54 Å². The van der Waals surface area contributed by atoms with Crippen molar-refractivity contribution in [3.8, 4) is 11.1 Å². The van der Waals surface area contributed by atoms with E-state index in [9.17, 15) is 29.4 Å². The molecule has 13 nitrogen and oxygen atoms in total. The Morgan fingerprint density at radius 2 is 1.48 bits per heavy atom. The van der Waals surface area contributed by atoms with Crippen LogP contribution in [0.3, 0.4) is 0 Å². The van der Waals surface area contributed by atoms with Crippen LogP contribution in [0.1, 0.15) is 103 Å². The molecule has 0 saturated carbocycles. The maximum Gasteiger partial charge on any atom is 0.425 e. The maximum atomic E-state index is 14.4. The molecule has 0 radical (unpaired) electrons. The van der Waals surface area contributed by atoms with Crippen LogP contribution in [0.2, 0.25) is 0 Å². The first-order valence-electron chi connectivity index (χ1n) is 21.5. The van der Waals surface area contributed by atoms with Crippen molar-refractivity contribution in [2.24, 2.45) is 29.0 Å². The zero-order valence-electron chi connectivity index (χ0n) is 37.2. The van der Waals surface area contributed by atoms with E-state index in [4.69, 9.17) is 20.1 Å². The van der Waals surface area contributed by atoms with Gasteiger partial charge >= 0.3 is 12.1 Å². The fourth-order valence-corrected chi connectivity index (χ4v) is 9.96. The van der Waals surface area contributed by atoms with Gasteiger partial charge in [-0.25, -0.2) is 20.4 Å². The zero-order valence-corrected chi connectivity index (χ0v) is 37.2. The van der Waals surface area contributed by atoms with E-state index in [1.807, 2.05) is 80.6 Å². The number of aliphatic carboxylic acids is 1. The van der Waals surface area contributed by atoms with Gasteiger partial charge in [0.25, 0.3) is 0 Å². The summed E-state index contributed by atoms with van der Waals surface area (Å²) < 4.78 is 17.9. The molecule has 61 heavy (non-hydrogen) atoms. The molecule has 2 aliphatic rings. The first kappa shape index (κ1) is 47.2. The molecule has 1 saturated heterocycles. The number of hydrogen-bond acceptors (Lipinski definition) is 9. The van der Waals surface area contributed by atoms with Crippen LogP contribution in [0.15, 0.2) is 78.9 Å². The number of likely N-dealkylation sites (tertiary alicyclic amines) is 1. The number of carboxylic acids is 1. The van der Waals surface area contributed by atoms with Gasteiger partial charge in [-0.15, -0.1) is 0 Å². The number of rotatable bonds is 19. The predicted molar refractivity (Wildman–Crippen MR) is 233 cm³/mol. The smallest absolute Gasteiger partial charge is 0.425 e. The highest BCUT2D eigenvalue weighted by Crippen LogP contribution is 2.49. The number of hydrogen-bond donors (Lipinski definition) is 4. The zero-order chi connectivity index (χ0) is 44.8. The lowest BCUT2D eigenvalue weighted by molar-refractivity contribution is -0.169. The Labute approximate surface area is 360 Å². The van der Waals surface area contributed by atoms with E-state index in [0.29, 0.717) is 36.4 Å². The molecule has 1 aliphatic heterocycles. The molecule has 5 rings (SSSR count). The number of methoxy groups -OCH3 is 2. The molecule has 5 N–H and O–H groups in total. The third-order valence-corrected chi connectivity index (χ3v) is 14.0. The van der Waals surface area contributed by atoms with Gasteiger partial charge in [-0.1, -0.05) is 120 Å². The number of fused-ring (bicyclic) bond motifs is 3. The highest BCUT2D eigenvalue weighted by Gasteiger charge is 2.60. The van der Waals surface area contributed by atoms with Crippen LogP contribution in [0, 0.1) is 23.2 Å². The SMILES string of the molecule is CC[C@H](C)C([C@@H](CC(=O)N1CCC[C@H]1[C@H](OC)[C@@H](C)C(=O)N[C@H](C)[C@@H](O)c1ccccc1)OC)C(C)(C)[C@@](C)(C(=O)O)N(N)C(=O)OCC1c2ccccc2-c2ccccc21. The Morgan fingerprint density at radius 3 is 2.02 bits per heavy atom. The average Bonchev–Trinajstić information content (AvgIpc) is 3.87. The van der Waals surface area contributed by atoms with Crippen molar-refractivity contribution in [2.75, 3.05) is 27.4 Å². The van der Waals surface area contributed by atoms with E-state index in [-0.39, 0.29) is 36.7 Å². The number of carbonyl (C=O) groups excluding carboxylic acids is 3. The normalized spacial score (nSPS) is 19.6. The van der Waals surface area contributed by atoms with Crippen molar-refractivity contribution >= 4 is 23.9 Å². The molecule has 0 bridgehead atoms. The largest absolute Gasteiger partial charge is 0.479 e. The molecule has 13 heteroatoms. The second-order valence-corrected chi connectivity index (χ2v) is 17.6. The van der Waals surface area contributed by atoms with Gasteiger partial charge in [0, 0.05) is 32.1 Å². The van der Waals surface area contributed by atoms with Gasteiger partial charge in [-0.3, -0.25) is 9.59 Å². The van der Waals surface area contributed by atoms with Crippen LogP contribution in [0.4, 0.5) is 4.79 Å². The van der Waals surface area contributed by atoms with E-state index in [0.717, 1.165) is 22.3 Å². The summed E-state index contributed by atoms with van der Waals surface area (Å²) in [6.07, 6.45) is -1.48. The van der Waals surface area contributed by atoms with E-state index in [1.54, 1.807) is 44.7 Å². The van der Waals surface area contributed by atoms with Crippen molar-refractivity contribution in [3.63, 3.8) is 0 Å². The third kappa shape index (κ3) is 9.35. The van der Waals surface area contributed by atoms with Crippen LogP contribution in [-0.4, -0.2) is 101 Å². The molecule has 1 unspecified atom stereocenters. The van der Waals surface area contributed by atoms with Gasteiger partial charge in [0.2, 0.25) is 11.8 Å². The van der Waals surface area contributed by atoms with E-state index >= 15 is 0 Å². The lowest BCUT2D eigenvalue weighted by atomic mass is 9.58. The molecular formula is C48H66N4O9. The first-order chi connectivity index (χ1) is 29.0. The number of hydrazine groups is 1. The second-order valence-electron chi connectivity index (χ2n) is 17.6. The van der Waals surface area contributed by atoms with Gasteiger partial charge in [0.05, 0.1) is 42.7 Å². The molecule has 1 aliphatic carbocycles. The lowest BCUT2D eigenvalue weighted by Gasteiger charge is -2.52. The van der Waals surface area contributed by atoms with Crippen molar-refractivity contribution in [2.45, 2.75) is 116 Å². The highest BCUT2D eigenvalue weighted by molar-refractivity contribution is 5.85. The number of carboxylic acid groups (broad SMARTS) is 1. The predicted octanol–water partition coefficient (Wildman–Crippen LogP) is 6.93. The van der Waals surface area contributed by atoms with Crippen LogP contribution in [0.5, 0.6) is 0 Å². The number of amides is 3. The molecule has 3 aromatic rings. The second kappa shape index (κ2) is 19.9. The first-order valence-corrected chi connectivity index (χ1v) is 21.5. The van der Waals surface area contributed by atoms with Gasteiger partial charge < -0.3 is 34.6 Å². The van der Waals surface area contributed by atoms with Gasteiger partial charge in [-0.2, -0.15) is 0 Å². The number of nitrogens with two attached hydrogens (primary N) is 1. The van der Waals surface area contributed by atoms with Gasteiger partial charge in [-0.05, 0) is 66.3 Å². The molecule has 332 valence electrons. The third-order valence-electron chi connectivity index (χ3n) is 14.0. The van der Waals surface area contributed by atoms with Gasteiger partial charge in [0.1, 0.15) is 6.61 Å². The Hall–Kier alpha value is -4.82. The molecule has 0 spiro atoms. The fraction of sp³-hybridized carbons (Fsp3) is 0.542. The van der Waals surface area contributed by atoms with Crippen molar-refractivity contribution in [1.29, 1.82) is 0 Å². The van der Waals surface area contributed by atoms with Crippen LogP contribution >= 0.6 is 0 Å². The molecule has 1 heterocycles. The fourth-order valence-electron chi connectivity index (χ4n) is 9.96. The summed E-state index contributed by atoms with van der Waals surface area (Å²) in [5.41, 5.74) is 1.50. The Morgan fingerprint density at radius 1 is 0.902 bits per heavy atom. The van der Waals surface area contributed by atoms with E-state index in [1.165, 1.54) is 21.1 Å². The van der Waals surface area contributed by atoms with E-state index in [2.05, 4.69) is 5.32 Å². The molecule has 0 aromatic heterocycles. The summed E-state index contributed by atoms with van der Waals surface area (Å²) in [4.78, 5) is 57.2. The van der Waals surface area contributed by atoms with Crippen molar-refractivity contribution in [1.82, 2.24) is 15.2 Å². The van der Waals surface area contributed by atoms with Crippen molar-refractivity contribution in [3.05, 3.63) is 95.6 Å². The number of carbonyl (C=O) groups is 4. The summed E-state index contributed by atoms with van der Waals surface area (Å²) in [5.74, 6) is 3.02. The molecule has 1 fully saturated rings. The highest BCUT2D eigenvalue weighted by atomic mass is 16.6. The van der Waals surface area contributed by atoms with E-state index < -0.39 is 65.2 Å². The minimum Gasteiger partial charge on any atom is -0.479 e. The number of aliphatic hydroxyl groups excluding tert-OH is 1. The summed E-state index contributed by atoms with van der Waals surface area (Å²) in [5, 5.41) is 25.5. The Kier molecular flexibility index (Phi) is 15.4. The quantitative estimate of drug-likeness (QED) is 0.0562. The van der Waals surface area contributed by atoms with Crippen molar-refractivity contribution < 1.29 is 43.6 Å². The van der Waals surface area contributed by atoms with Crippen LogP contribution in [-0.2, 0) is 28.6 Å². The lowest BCUT2D eigenvalue weighted by Crippen LogP contribution is -2.69. The summed E-state index contributed by atoms with van der Waals surface area (Å²) in [6, 6.07) is 24.0. The minimum absolute atomic E-state index is 0.0465. The van der Waals surface area contributed by atoms with Crippen LogP contribution < -0.4 is 11.2 Å².